The van der Waals surface area contributed by atoms with Gasteiger partial charge in [-0.3, -0.25) is 9.62 Å². The zero-order chi connectivity index (χ0) is 28.3. The van der Waals surface area contributed by atoms with E-state index in [9.17, 15) is 23.1 Å². The van der Waals surface area contributed by atoms with Crippen molar-refractivity contribution < 1.29 is 22.7 Å². The van der Waals surface area contributed by atoms with Crippen LogP contribution in [0.3, 0.4) is 0 Å². The number of amides is 1. The highest BCUT2D eigenvalue weighted by molar-refractivity contribution is 7.92. The van der Waals surface area contributed by atoms with Crippen molar-refractivity contribution in [1.29, 1.82) is 0 Å². The number of hydrogen-bond acceptors (Lipinski definition) is 7. The van der Waals surface area contributed by atoms with Crippen LogP contribution < -0.4 is 15.7 Å². The van der Waals surface area contributed by atoms with Gasteiger partial charge in [0.05, 0.1) is 23.0 Å². The van der Waals surface area contributed by atoms with Gasteiger partial charge in [0.25, 0.3) is 0 Å². The molecule has 1 saturated heterocycles. The fraction of sp³-hybridized carbons (Fsp3) is 0.385. The standard InChI is InChI=1S/C26H30Cl2N4O6S/c1-3-39(36,37)30-22-6-4-5-16(24(22)28)11-19-20(15-32-9-7-29-8-10-32)18-13-21(27)17(14-31(2)26(34)35)12-23(18)38-25(19)33/h4-6,12-13,29-30H,3,7-11,14-15H2,1-2H3,(H,34,35). The van der Waals surface area contributed by atoms with E-state index in [1.807, 2.05) is 0 Å². The van der Waals surface area contributed by atoms with Crippen LogP contribution in [0.25, 0.3) is 11.0 Å². The maximum Gasteiger partial charge on any atom is 0.407 e. The highest BCUT2D eigenvalue weighted by Gasteiger charge is 2.22. The van der Waals surface area contributed by atoms with Gasteiger partial charge in [0.1, 0.15) is 5.58 Å². The molecule has 0 saturated carbocycles. The summed E-state index contributed by atoms with van der Waals surface area (Å²) >= 11 is 13.2. The van der Waals surface area contributed by atoms with Crippen molar-refractivity contribution in [3.05, 3.63) is 73.1 Å². The van der Waals surface area contributed by atoms with Gasteiger partial charge in [-0.25, -0.2) is 18.0 Å². The molecule has 1 aromatic heterocycles. The Bertz CT molecular complexity index is 1550. The van der Waals surface area contributed by atoms with Crippen LogP contribution in [0, 0.1) is 0 Å². The van der Waals surface area contributed by atoms with Crippen LogP contribution in [0.5, 0.6) is 0 Å². The molecule has 13 heteroatoms. The lowest BCUT2D eigenvalue weighted by molar-refractivity contribution is 0.154. The molecule has 3 N–H and O–H groups in total. The topological polar surface area (TPSA) is 132 Å². The van der Waals surface area contributed by atoms with Gasteiger partial charge in [-0.05, 0) is 41.8 Å². The quantitative estimate of drug-likeness (QED) is 0.316. The number of hydrogen-bond donors (Lipinski definition) is 3. The first-order chi connectivity index (χ1) is 18.5. The van der Waals surface area contributed by atoms with Crippen LogP contribution in [-0.2, 0) is 29.5 Å². The van der Waals surface area contributed by atoms with Gasteiger partial charge in [-0.2, -0.15) is 0 Å². The van der Waals surface area contributed by atoms with Crippen LogP contribution in [-0.4, -0.2) is 68.4 Å². The van der Waals surface area contributed by atoms with Gasteiger partial charge < -0.3 is 19.7 Å². The molecule has 0 bridgehead atoms. The third kappa shape index (κ3) is 6.85. The molecule has 0 atom stereocenters. The fourth-order valence-corrected chi connectivity index (χ4v) is 5.65. The number of benzene rings is 2. The third-order valence-electron chi connectivity index (χ3n) is 6.70. The number of rotatable bonds is 9. The maximum atomic E-state index is 13.4. The van der Waals surface area contributed by atoms with Crippen LogP contribution in [0.2, 0.25) is 10.0 Å². The van der Waals surface area contributed by atoms with E-state index in [4.69, 9.17) is 27.6 Å². The van der Waals surface area contributed by atoms with Crippen LogP contribution >= 0.6 is 23.2 Å². The van der Waals surface area contributed by atoms with E-state index in [-0.39, 0.29) is 29.4 Å². The van der Waals surface area contributed by atoms with E-state index >= 15 is 0 Å². The van der Waals surface area contributed by atoms with E-state index in [0.717, 1.165) is 36.6 Å². The SMILES string of the molecule is CCS(=O)(=O)Nc1cccc(Cc2c(CN3CCNCC3)c3cc(Cl)c(CN(C)C(=O)O)cc3oc2=O)c1Cl. The summed E-state index contributed by atoms with van der Waals surface area (Å²) in [6.07, 6.45) is -0.996. The average Bonchev–Trinajstić information content (AvgIpc) is 2.89. The summed E-state index contributed by atoms with van der Waals surface area (Å²) in [5.41, 5.74) is 2.19. The highest BCUT2D eigenvalue weighted by atomic mass is 35.5. The Hall–Kier alpha value is -2.83. The second-order valence-electron chi connectivity index (χ2n) is 9.41. The number of sulfonamides is 1. The summed E-state index contributed by atoms with van der Waals surface area (Å²) in [5.74, 6) is -0.109. The Balaban J connectivity index is 1.82. The molecule has 0 aliphatic carbocycles. The molecule has 2 heterocycles. The Morgan fingerprint density at radius 3 is 2.56 bits per heavy atom. The molecule has 39 heavy (non-hydrogen) atoms. The van der Waals surface area contributed by atoms with Crippen molar-refractivity contribution in [2.45, 2.75) is 26.4 Å². The van der Waals surface area contributed by atoms with E-state index in [1.165, 1.54) is 14.0 Å². The number of nitrogens with one attached hydrogen (secondary N) is 2. The monoisotopic (exact) mass is 596 g/mol. The molecular weight excluding hydrogens is 567 g/mol. The number of carboxylic acid groups (broad SMARTS) is 1. The van der Waals surface area contributed by atoms with Crippen LogP contribution in [0.4, 0.5) is 10.5 Å². The van der Waals surface area contributed by atoms with E-state index < -0.39 is 21.7 Å². The first-order valence-corrected chi connectivity index (χ1v) is 14.8. The molecule has 4 rings (SSSR count). The summed E-state index contributed by atoms with van der Waals surface area (Å²) in [5, 5.41) is 13.8. The molecule has 0 spiro atoms. The normalized spacial score (nSPS) is 14.5. The molecule has 1 amide bonds. The molecule has 1 aliphatic heterocycles. The number of carbonyl (C=O) groups is 1. The van der Waals surface area contributed by atoms with Gasteiger partial charge in [0, 0.05) is 62.2 Å². The first-order valence-electron chi connectivity index (χ1n) is 12.4. The summed E-state index contributed by atoms with van der Waals surface area (Å²) in [4.78, 5) is 28.0. The van der Waals surface area contributed by atoms with E-state index in [0.29, 0.717) is 39.2 Å². The summed E-state index contributed by atoms with van der Waals surface area (Å²) in [7, 11) is -2.13. The van der Waals surface area contributed by atoms with Gasteiger partial charge in [0.2, 0.25) is 10.0 Å². The minimum atomic E-state index is -3.55. The van der Waals surface area contributed by atoms with Crippen molar-refractivity contribution in [3.63, 3.8) is 0 Å². The number of piperazine rings is 1. The highest BCUT2D eigenvalue weighted by Crippen LogP contribution is 2.32. The molecule has 3 aromatic rings. The lowest BCUT2D eigenvalue weighted by atomic mass is 9.96. The Kier molecular flexibility index (Phi) is 9.07. The van der Waals surface area contributed by atoms with Gasteiger partial charge >= 0.3 is 11.7 Å². The molecule has 2 aromatic carbocycles. The van der Waals surface area contributed by atoms with Crippen molar-refractivity contribution in [1.82, 2.24) is 15.1 Å². The van der Waals surface area contributed by atoms with E-state index in [2.05, 4.69) is 14.9 Å². The van der Waals surface area contributed by atoms with Crippen molar-refractivity contribution in [2.24, 2.45) is 0 Å². The summed E-state index contributed by atoms with van der Waals surface area (Å²) < 4.78 is 32.5. The van der Waals surface area contributed by atoms with Crippen molar-refractivity contribution >= 4 is 56.0 Å². The van der Waals surface area contributed by atoms with Crippen LogP contribution in [0.15, 0.2) is 39.5 Å². The first kappa shape index (κ1) is 29.2. The molecule has 1 fully saturated rings. The van der Waals surface area contributed by atoms with Crippen molar-refractivity contribution in [2.75, 3.05) is 43.7 Å². The van der Waals surface area contributed by atoms with Crippen LogP contribution in [0.1, 0.15) is 29.2 Å². The number of fused-ring (bicyclic) bond motifs is 1. The largest absolute Gasteiger partial charge is 0.465 e. The minimum Gasteiger partial charge on any atom is -0.465 e. The number of anilines is 1. The average molecular weight is 598 g/mol. The zero-order valence-electron chi connectivity index (χ0n) is 21.6. The molecular formula is C26H30Cl2N4O6S. The Morgan fingerprint density at radius 2 is 1.90 bits per heavy atom. The second-order valence-corrected chi connectivity index (χ2v) is 12.2. The number of nitrogens with zero attached hydrogens (tertiary/aromatic N) is 2. The molecule has 210 valence electrons. The van der Waals surface area contributed by atoms with Gasteiger partial charge in [-0.15, -0.1) is 0 Å². The lowest BCUT2D eigenvalue weighted by Crippen LogP contribution is -2.43. The van der Waals surface area contributed by atoms with Crippen molar-refractivity contribution in [3.8, 4) is 0 Å². The maximum absolute atomic E-state index is 13.4. The smallest absolute Gasteiger partial charge is 0.407 e. The van der Waals surface area contributed by atoms with E-state index in [1.54, 1.807) is 30.3 Å². The Labute approximate surface area is 236 Å². The fourth-order valence-electron chi connectivity index (χ4n) is 4.48. The second kappa shape index (κ2) is 12.1. The predicted molar refractivity (Wildman–Crippen MR) is 152 cm³/mol. The number of halogens is 2. The minimum absolute atomic E-state index is 0.0266. The molecule has 0 unspecified atom stereocenters. The third-order valence-corrected chi connectivity index (χ3v) is 8.79. The summed E-state index contributed by atoms with van der Waals surface area (Å²) in [6, 6.07) is 8.30. The zero-order valence-corrected chi connectivity index (χ0v) is 23.9. The Morgan fingerprint density at radius 1 is 1.18 bits per heavy atom. The molecule has 1 aliphatic rings. The molecule has 10 nitrogen and oxygen atoms in total. The van der Waals surface area contributed by atoms with Gasteiger partial charge in [0.15, 0.2) is 0 Å². The lowest BCUT2D eigenvalue weighted by Gasteiger charge is -2.28. The van der Waals surface area contributed by atoms with Gasteiger partial charge in [-0.1, -0.05) is 35.3 Å². The predicted octanol–water partition coefficient (Wildman–Crippen LogP) is 3.97. The molecule has 0 radical (unpaired) electrons. The summed E-state index contributed by atoms with van der Waals surface area (Å²) in [6.45, 7) is 5.21.